The van der Waals surface area contributed by atoms with Crippen LogP contribution in [0.1, 0.15) is 129 Å². The number of unbranched alkanes of at least 4 members (excludes halogenated alkanes) is 8. The highest BCUT2D eigenvalue weighted by molar-refractivity contribution is 6.21. The molecule has 48 heavy (non-hydrogen) atoms. The first-order chi connectivity index (χ1) is 23.4. The molecule has 4 saturated heterocycles. The molecule has 9 atom stereocenters. The fraction of sp³-hybridized carbons (Fsp3) is 0.973. The number of aliphatic hydroxyl groups is 1. The number of rotatable bonds is 14. The minimum Gasteiger partial charge on any atom is -0.392 e. The SMILES string of the molecule is CCCCCCCCCCCN1CC(F)CN2NC(N)C(C(=O)NC3C(C4CCCCCCCCC4)NCC(Cl)C3N3CCC(O)C3)C12. The number of piperidine rings is 1. The lowest BCUT2D eigenvalue weighted by atomic mass is 9.78. The number of amides is 1. The average molecular weight is 698 g/mol. The maximum atomic E-state index is 15.0. The molecule has 278 valence electrons. The van der Waals surface area contributed by atoms with Gasteiger partial charge in [0, 0.05) is 44.8 Å². The highest BCUT2D eigenvalue weighted by atomic mass is 35.5. The predicted octanol–water partition coefficient (Wildman–Crippen LogP) is 4.86. The third-order valence-corrected chi connectivity index (χ3v) is 12.6. The molecule has 5 rings (SSSR count). The number of likely N-dealkylation sites (tertiary alicyclic amines) is 1. The number of fused-ring (bicyclic) bond motifs is 1. The fourth-order valence-corrected chi connectivity index (χ4v) is 10.0. The fourth-order valence-electron chi connectivity index (χ4n) is 9.62. The number of hydrazine groups is 1. The van der Waals surface area contributed by atoms with E-state index in [-0.39, 0.29) is 48.2 Å². The van der Waals surface area contributed by atoms with Gasteiger partial charge in [-0.15, -0.1) is 11.6 Å². The van der Waals surface area contributed by atoms with Crippen LogP contribution in [0.15, 0.2) is 0 Å². The zero-order valence-electron chi connectivity index (χ0n) is 30.0. The highest BCUT2D eigenvalue weighted by Crippen LogP contribution is 2.34. The largest absolute Gasteiger partial charge is 0.392 e. The number of nitrogens with one attached hydrogen (secondary N) is 3. The summed E-state index contributed by atoms with van der Waals surface area (Å²) in [4.78, 5) is 19.1. The van der Waals surface area contributed by atoms with Gasteiger partial charge < -0.3 is 21.5 Å². The van der Waals surface area contributed by atoms with Crippen LogP contribution in [0.2, 0.25) is 0 Å². The second-order valence-electron chi connectivity index (χ2n) is 15.9. The number of alkyl halides is 2. The van der Waals surface area contributed by atoms with Gasteiger partial charge in [0.1, 0.15) is 6.17 Å². The Kier molecular flexibility index (Phi) is 16.0. The topological polar surface area (TPSA) is 109 Å². The van der Waals surface area contributed by atoms with Gasteiger partial charge in [-0.05, 0) is 38.1 Å². The van der Waals surface area contributed by atoms with Crippen LogP contribution in [-0.2, 0) is 4.79 Å². The van der Waals surface area contributed by atoms with Gasteiger partial charge in [0.25, 0.3) is 0 Å². The molecule has 1 saturated carbocycles. The van der Waals surface area contributed by atoms with Crippen molar-refractivity contribution in [2.45, 2.75) is 177 Å². The van der Waals surface area contributed by atoms with E-state index in [2.05, 4.69) is 32.8 Å². The molecule has 9 unspecified atom stereocenters. The molecule has 5 aliphatic rings. The van der Waals surface area contributed by atoms with E-state index in [1.54, 1.807) is 0 Å². The van der Waals surface area contributed by atoms with Gasteiger partial charge in [-0.25, -0.2) is 14.8 Å². The first kappa shape index (κ1) is 38.6. The van der Waals surface area contributed by atoms with Gasteiger partial charge in [0.05, 0.1) is 35.8 Å². The zero-order chi connectivity index (χ0) is 33.9. The summed E-state index contributed by atoms with van der Waals surface area (Å²) in [6, 6.07) is -0.167. The van der Waals surface area contributed by atoms with E-state index in [0.717, 1.165) is 45.2 Å². The molecule has 0 radical (unpaired) electrons. The predicted molar refractivity (Wildman–Crippen MR) is 193 cm³/mol. The molecule has 0 spiro atoms. The maximum Gasteiger partial charge on any atom is 0.229 e. The number of β-amino-alcohol motifs (C(OH)–C–C–N with tert-alkyl or cyclic N) is 1. The van der Waals surface area contributed by atoms with Crippen LogP contribution in [0, 0.1) is 11.8 Å². The number of nitrogens with two attached hydrogens (primary N) is 1. The van der Waals surface area contributed by atoms with E-state index in [4.69, 9.17) is 17.3 Å². The average Bonchev–Trinajstić information content (AvgIpc) is 3.64. The minimum atomic E-state index is -0.983. The Hall–Kier alpha value is -0.590. The van der Waals surface area contributed by atoms with Gasteiger partial charge in [-0.3, -0.25) is 14.6 Å². The third-order valence-electron chi connectivity index (χ3n) is 12.2. The summed E-state index contributed by atoms with van der Waals surface area (Å²) in [5.74, 6) is -0.144. The summed E-state index contributed by atoms with van der Waals surface area (Å²) in [5.41, 5.74) is 9.99. The molecular weight excluding hydrogens is 629 g/mol. The van der Waals surface area contributed by atoms with Crippen LogP contribution in [0.25, 0.3) is 0 Å². The third kappa shape index (κ3) is 10.5. The number of hydrogen-bond acceptors (Lipinski definition) is 8. The van der Waals surface area contributed by atoms with Gasteiger partial charge in [-0.2, -0.15) is 0 Å². The quantitative estimate of drug-likeness (QED) is 0.130. The Labute approximate surface area is 296 Å². The van der Waals surface area contributed by atoms with Crippen molar-refractivity contribution >= 4 is 17.5 Å². The van der Waals surface area contributed by atoms with Crippen molar-refractivity contribution in [1.29, 1.82) is 0 Å². The zero-order valence-corrected chi connectivity index (χ0v) is 30.7. The normalized spacial score (nSPS) is 36.6. The molecule has 9 nitrogen and oxygen atoms in total. The van der Waals surface area contributed by atoms with Crippen molar-refractivity contribution in [2.75, 3.05) is 39.3 Å². The molecular formula is C37H69ClFN7O2. The van der Waals surface area contributed by atoms with E-state index in [9.17, 15) is 9.90 Å². The van der Waals surface area contributed by atoms with Crippen molar-refractivity contribution < 1.29 is 14.3 Å². The number of carbonyl (C=O) groups is 1. The lowest BCUT2D eigenvalue weighted by molar-refractivity contribution is -0.132. The molecule has 0 aromatic heterocycles. The lowest BCUT2D eigenvalue weighted by Crippen LogP contribution is -2.71. The monoisotopic (exact) mass is 698 g/mol. The molecule has 4 heterocycles. The Morgan fingerprint density at radius 1 is 0.917 bits per heavy atom. The molecule has 6 N–H and O–H groups in total. The molecule has 4 aliphatic heterocycles. The molecule has 1 amide bonds. The number of nitrogens with zero attached hydrogens (tertiary/aromatic N) is 3. The van der Waals surface area contributed by atoms with Gasteiger partial charge >= 0.3 is 0 Å². The first-order valence-corrected chi connectivity index (χ1v) is 20.6. The summed E-state index contributed by atoms with van der Waals surface area (Å²) >= 11 is 7.13. The van der Waals surface area contributed by atoms with Crippen molar-refractivity contribution in [3.05, 3.63) is 0 Å². The number of aliphatic hydroxyl groups excluding tert-OH is 1. The second-order valence-corrected chi connectivity index (χ2v) is 16.5. The smallest absolute Gasteiger partial charge is 0.229 e. The molecule has 5 fully saturated rings. The van der Waals surface area contributed by atoms with Crippen molar-refractivity contribution in [1.82, 2.24) is 30.9 Å². The summed E-state index contributed by atoms with van der Waals surface area (Å²) in [7, 11) is 0. The minimum absolute atomic E-state index is 0.0657. The van der Waals surface area contributed by atoms with E-state index in [0.29, 0.717) is 25.6 Å². The van der Waals surface area contributed by atoms with Crippen LogP contribution in [0.3, 0.4) is 0 Å². The van der Waals surface area contributed by atoms with Crippen molar-refractivity contribution in [3.8, 4) is 0 Å². The van der Waals surface area contributed by atoms with Crippen molar-refractivity contribution in [2.24, 2.45) is 17.6 Å². The molecule has 0 aromatic rings. The Morgan fingerprint density at radius 2 is 1.56 bits per heavy atom. The van der Waals surface area contributed by atoms with E-state index < -0.39 is 18.3 Å². The standard InChI is InChI=1S/C37H69ClFN7O2/c1-2-3-4-5-6-7-11-14-17-21-45-24-28(39)25-46-37(45)31(35(40)43-46)36(48)42-33-32(27-18-15-12-9-8-10-13-16-19-27)41-23-30(38)34(33)44-22-20-29(47)26-44/h27-35,37,41,43,47H,2-26,40H2,1H3,(H,42,48). The summed E-state index contributed by atoms with van der Waals surface area (Å²) < 4.78 is 15.0. The number of carbonyl (C=O) groups excluding carboxylic acids is 1. The van der Waals surface area contributed by atoms with Gasteiger partial charge in [-0.1, -0.05) is 103 Å². The van der Waals surface area contributed by atoms with Gasteiger partial charge in [0.15, 0.2) is 0 Å². The summed E-state index contributed by atoms with van der Waals surface area (Å²) in [6.07, 6.45) is 20.9. The second kappa shape index (κ2) is 19.9. The first-order valence-electron chi connectivity index (χ1n) is 20.1. The lowest BCUT2D eigenvalue weighted by Gasteiger charge is -2.49. The van der Waals surface area contributed by atoms with E-state index >= 15 is 4.39 Å². The Morgan fingerprint density at radius 3 is 2.21 bits per heavy atom. The Balaban J connectivity index is 1.28. The highest BCUT2D eigenvalue weighted by Gasteiger charge is 2.53. The van der Waals surface area contributed by atoms with Gasteiger partial charge in [0.2, 0.25) is 5.91 Å². The van der Waals surface area contributed by atoms with E-state index in [1.165, 1.54) is 89.9 Å². The molecule has 1 aliphatic carbocycles. The number of halogens is 2. The molecule has 0 bridgehead atoms. The summed E-state index contributed by atoms with van der Waals surface area (Å²) in [5, 5.41) is 19.6. The van der Waals surface area contributed by atoms with E-state index in [1.807, 2.05) is 5.01 Å². The van der Waals surface area contributed by atoms with Crippen molar-refractivity contribution in [3.63, 3.8) is 0 Å². The van der Waals surface area contributed by atoms with Crippen LogP contribution in [-0.4, -0.2) is 113 Å². The maximum absolute atomic E-state index is 15.0. The van der Waals surface area contributed by atoms with Crippen LogP contribution in [0.4, 0.5) is 4.39 Å². The van der Waals surface area contributed by atoms with Crippen LogP contribution >= 0.6 is 11.6 Å². The number of hydrogen-bond donors (Lipinski definition) is 5. The van der Waals surface area contributed by atoms with Crippen LogP contribution < -0.4 is 21.8 Å². The Bertz CT molecular complexity index is 943. The summed E-state index contributed by atoms with van der Waals surface area (Å²) in [6.45, 7) is 5.66. The molecule has 11 heteroatoms. The molecule has 0 aromatic carbocycles. The van der Waals surface area contributed by atoms with Crippen LogP contribution in [0.5, 0.6) is 0 Å².